The lowest BCUT2D eigenvalue weighted by Gasteiger charge is -2.06. The van der Waals surface area contributed by atoms with Crippen LogP contribution in [0.25, 0.3) is 0 Å². The number of aromatic amines is 1. The number of H-pyrrole nitrogens is 1. The molecule has 0 aliphatic heterocycles. The topological polar surface area (TPSA) is 54.5 Å². The van der Waals surface area contributed by atoms with Gasteiger partial charge in [0, 0.05) is 24.4 Å². The van der Waals surface area contributed by atoms with Crippen LogP contribution in [0.5, 0.6) is 0 Å². The Morgan fingerprint density at radius 2 is 2.24 bits per heavy atom. The van der Waals surface area contributed by atoms with Gasteiger partial charge >= 0.3 is 0 Å². The van der Waals surface area contributed by atoms with E-state index in [1.807, 2.05) is 6.92 Å². The largest absolute Gasteiger partial charge is 0.339 e. The van der Waals surface area contributed by atoms with Crippen molar-refractivity contribution in [3.8, 4) is 0 Å². The molecular weight excluding hydrogens is 256 g/mol. The molecule has 2 heterocycles. The van der Waals surface area contributed by atoms with E-state index in [9.17, 15) is 0 Å². The number of aryl methyl sites for hydroxylation is 1. The van der Waals surface area contributed by atoms with E-state index in [-0.39, 0.29) is 0 Å². The normalized spacial score (nSPS) is 10.8. The van der Waals surface area contributed by atoms with Crippen LogP contribution in [-0.4, -0.2) is 19.9 Å². The third-order valence-electron chi connectivity index (χ3n) is 2.23. The quantitative estimate of drug-likeness (QED) is 0.865. The van der Waals surface area contributed by atoms with Crippen LogP contribution in [0.3, 0.4) is 0 Å². The molecule has 2 rings (SSSR count). The highest BCUT2D eigenvalue weighted by Crippen LogP contribution is 2.29. The number of nitrogens with zero attached hydrogens (tertiary/aromatic N) is 3. The molecule has 0 radical (unpaired) electrons. The van der Waals surface area contributed by atoms with Crippen LogP contribution in [0.4, 0.5) is 0 Å². The van der Waals surface area contributed by atoms with Gasteiger partial charge in [0.15, 0.2) is 5.16 Å². The first-order valence-electron chi connectivity index (χ1n) is 5.41. The predicted octanol–water partition coefficient (Wildman–Crippen LogP) is 3.27. The summed E-state index contributed by atoms with van der Waals surface area (Å²) in [5.41, 5.74) is 0.896. The molecule has 0 unspecified atom stereocenters. The molecule has 0 spiro atoms. The smallest absolute Gasteiger partial charge is 0.171 e. The summed E-state index contributed by atoms with van der Waals surface area (Å²) in [5, 5.41) is 2.20. The maximum absolute atomic E-state index is 6.10. The van der Waals surface area contributed by atoms with Gasteiger partial charge in [0.05, 0.1) is 0 Å². The van der Waals surface area contributed by atoms with Crippen molar-refractivity contribution in [3.05, 3.63) is 28.9 Å². The first-order chi connectivity index (χ1) is 8.20. The van der Waals surface area contributed by atoms with E-state index in [1.165, 1.54) is 11.8 Å². The lowest BCUT2D eigenvalue weighted by molar-refractivity contribution is 0.800. The Morgan fingerprint density at radius 1 is 1.41 bits per heavy atom. The van der Waals surface area contributed by atoms with Crippen LogP contribution in [0.2, 0.25) is 5.15 Å². The standard InChI is InChI=1S/C11H13ClN4S/c1-3-4-8-15-9(12)7(2)10(16-8)17-11-13-5-6-14-11/h5-6H,3-4H2,1-2H3,(H,13,14). The fourth-order valence-electron chi connectivity index (χ4n) is 1.34. The molecule has 1 N–H and O–H groups in total. The maximum Gasteiger partial charge on any atom is 0.171 e. The van der Waals surface area contributed by atoms with Gasteiger partial charge in [-0.05, 0) is 25.1 Å². The number of rotatable bonds is 4. The van der Waals surface area contributed by atoms with Gasteiger partial charge in [-0.1, -0.05) is 18.5 Å². The van der Waals surface area contributed by atoms with Crippen molar-refractivity contribution in [1.29, 1.82) is 0 Å². The van der Waals surface area contributed by atoms with Gasteiger partial charge in [0.2, 0.25) is 0 Å². The number of nitrogens with one attached hydrogen (secondary N) is 1. The second-order valence-corrected chi connectivity index (χ2v) is 4.94. The van der Waals surface area contributed by atoms with Gasteiger partial charge in [0.1, 0.15) is 16.0 Å². The van der Waals surface area contributed by atoms with E-state index in [1.54, 1.807) is 12.4 Å². The van der Waals surface area contributed by atoms with Crippen LogP contribution >= 0.6 is 23.4 Å². The minimum Gasteiger partial charge on any atom is -0.339 e. The number of hydrogen-bond acceptors (Lipinski definition) is 4. The Labute approximate surface area is 109 Å². The van der Waals surface area contributed by atoms with Gasteiger partial charge in [-0.25, -0.2) is 15.0 Å². The molecule has 17 heavy (non-hydrogen) atoms. The van der Waals surface area contributed by atoms with Crippen molar-refractivity contribution in [2.75, 3.05) is 0 Å². The predicted molar refractivity (Wildman–Crippen MR) is 68.5 cm³/mol. The van der Waals surface area contributed by atoms with Crippen LogP contribution in [0.1, 0.15) is 24.7 Å². The molecule has 0 saturated heterocycles. The van der Waals surface area contributed by atoms with E-state index in [2.05, 4.69) is 26.9 Å². The van der Waals surface area contributed by atoms with Gasteiger partial charge in [-0.3, -0.25) is 0 Å². The van der Waals surface area contributed by atoms with Crippen molar-refractivity contribution in [3.63, 3.8) is 0 Å². The van der Waals surface area contributed by atoms with Crippen molar-refractivity contribution in [2.45, 2.75) is 36.9 Å². The highest BCUT2D eigenvalue weighted by atomic mass is 35.5. The lowest BCUT2D eigenvalue weighted by atomic mass is 10.3. The molecule has 0 aliphatic rings. The van der Waals surface area contributed by atoms with Gasteiger partial charge in [-0.2, -0.15) is 0 Å². The summed E-state index contributed by atoms with van der Waals surface area (Å²) in [6, 6.07) is 0. The number of aromatic nitrogens is 4. The molecule has 0 atom stereocenters. The van der Waals surface area contributed by atoms with Crippen LogP contribution in [-0.2, 0) is 6.42 Å². The summed E-state index contributed by atoms with van der Waals surface area (Å²) in [5.74, 6) is 0.789. The number of halogens is 1. The van der Waals surface area contributed by atoms with Gasteiger partial charge in [0.25, 0.3) is 0 Å². The molecule has 2 aromatic rings. The monoisotopic (exact) mass is 268 g/mol. The highest BCUT2D eigenvalue weighted by Gasteiger charge is 2.11. The highest BCUT2D eigenvalue weighted by molar-refractivity contribution is 7.99. The van der Waals surface area contributed by atoms with E-state index in [4.69, 9.17) is 11.6 Å². The average Bonchev–Trinajstić information content (AvgIpc) is 2.78. The number of imidazole rings is 1. The second kappa shape index (κ2) is 5.51. The van der Waals surface area contributed by atoms with Gasteiger partial charge < -0.3 is 4.98 Å². The van der Waals surface area contributed by atoms with E-state index < -0.39 is 0 Å². The van der Waals surface area contributed by atoms with Crippen LogP contribution < -0.4 is 0 Å². The van der Waals surface area contributed by atoms with E-state index in [0.717, 1.165) is 34.4 Å². The van der Waals surface area contributed by atoms with Crippen LogP contribution in [0.15, 0.2) is 22.6 Å². The Kier molecular flexibility index (Phi) is 4.02. The van der Waals surface area contributed by atoms with Crippen molar-refractivity contribution >= 4 is 23.4 Å². The molecule has 0 fully saturated rings. The first-order valence-corrected chi connectivity index (χ1v) is 6.60. The minimum absolute atomic E-state index is 0.525. The Bertz CT molecular complexity index is 498. The Balaban J connectivity index is 2.31. The molecular formula is C11H13ClN4S. The number of hydrogen-bond donors (Lipinski definition) is 1. The fourth-order valence-corrected chi connectivity index (χ4v) is 2.41. The Morgan fingerprint density at radius 3 is 2.88 bits per heavy atom. The second-order valence-electron chi connectivity index (χ2n) is 3.61. The van der Waals surface area contributed by atoms with Crippen molar-refractivity contribution in [2.24, 2.45) is 0 Å². The fraction of sp³-hybridized carbons (Fsp3) is 0.364. The maximum atomic E-state index is 6.10. The van der Waals surface area contributed by atoms with Crippen molar-refractivity contribution < 1.29 is 0 Å². The molecule has 90 valence electrons. The summed E-state index contributed by atoms with van der Waals surface area (Å²) >= 11 is 7.57. The Hall–Kier alpha value is -1.07. The molecule has 0 aromatic carbocycles. The molecule has 4 nitrogen and oxygen atoms in total. The molecule has 0 saturated carbocycles. The zero-order chi connectivity index (χ0) is 12.3. The molecule has 6 heteroatoms. The van der Waals surface area contributed by atoms with Gasteiger partial charge in [-0.15, -0.1) is 0 Å². The SMILES string of the molecule is CCCc1nc(Cl)c(C)c(Sc2ncc[nH]2)n1. The molecule has 2 aromatic heterocycles. The average molecular weight is 269 g/mol. The molecule has 0 bridgehead atoms. The van der Waals surface area contributed by atoms with Crippen molar-refractivity contribution in [1.82, 2.24) is 19.9 Å². The lowest BCUT2D eigenvalue weighted by Crippen LogP contribution is -1.99. The van der Waals surface area contributed by atoms with Crippen LogP contribution in [0, 0.1) is 6.92 Å². The van der Waals surface area contributed by atoms with E-state index >= 15 is 0 Å². The van der Waals surface area contributed by atoms with E-state index in [0.29, 0.717) is 5.15 Å². The minimum atomic E-state index is 0.525. The zero-order valence-electron chi connectivity index (χ0n) is 9.70. The summed E-state index contributed by atoms with van der Waals surface area (Å²) in [7, 11) is 0. The third kappa shape index (κ3) is 2.98. The molecule has 0 aliphatic carbocycles. The summed E-state index contributed by atoms with van der Waals surface area (Å²) in [6.07, 6.45) is 5.34. The third-order valence-corrected chi connectivity index (χ3v) is 3.60. The zero-order valence-corrected chi connectivity index (χ0v) is 11.3. The summed E-state index contributed by atoms with van der Waals surface area (Å²) < 4.78 is 0. The summed E-state index contributed by atoms with van der Waals surface area (Å²) in [6.45, 7) is 4.01. The summed E-state index contributed by atoms with van der Waals surface area (Å²) in [4.78, 5) is 16.0. The first kappa shape index (κ1) is 12.4. The molecule has 0 amide bonds.